The number of thioether (sulfide) groups is 1. The third-order valence-corrected chi connectivity index (χ3v) is 8.34. The van der Waals surface area contributed by atoms with E-state index < -0.39 is 77.5 Å². The van der Waals surface area contributed by atoms with Crippen LogP contribution in [0.5, 0.6) is 0 Å². The molecule has 4 rings (SSSR count). The number of amides is 6. The number of ether oxygens (including phenoxy) is 1. The smallest absolute Gasteiger partial charge is 0.352 e. The van der Waals surface area contributed by atoms with Gasteiger partial charge in [0, 0.05) is 37.9 Å². The minimum absolute atomic E-state index is 0.0640. The van der Waals surface area contributed by atoms with Crippen LogP contribution in [-0.4, -0.2) is 110 Å². The molecule has 1 aromatic rings. The van der Waals surface area contributed by atoms with E-state index >= 15 is 0 Å². The highest BCUT2D eigenvalue weighted by molar-refractivity contribution is 8.00. The summed E-state index contributed by atoms with van der Waals surface area (Å²) in [4.78, 5) is 91.4. The van der Waals surface area contributed by atoms with Crippen molar-refractivity contribution in [3.63, 3.8) is 0 Å². The van der Waals surface area contributed by atoms with E-state index in [-0.39, 0.29) is 36.5 Å². The van der Waals surface area contributed by atoms with Gasteiger partial charge in [0.2, 0.25) is 18.0 Å². The number of benzene rings is 1. The molecule has 16 heteroatoms. The van der Waals surface area contributed by atoms with Gasteiger partial charge in [-0.3, -0.25) is 33.8 Å². The van der Waals surface area contributed by atoms with Gasteiger partial charge in [0.1, 0.15) is 11.7 Å². The lowest BCUT2D eigenvalue weighted by Crippen LogP contribution is -2.63. The van der Waals surface area contributed by atoms with Crippen molar-refractivity contribution in [2.75, 3.05) is 32.0 Å². The van der Waals surface area contributed by atoms with Crippen molar-refractivity contribution in [1.82, 2.24) is 25.3 Å². The van der Waals surface area contributed by atoms with Gasteiger partial charge in [-0.25, -0.2) is 9.59 Å². The normalized spacial score (nSPS) is 21.7. The van der Waals surface area contributed by atoms with Crippen LogP contribution in [0.2, 0.25) is 0 Å². The molecule has 0 saturated carbocycles. The number of likely N-dealkylation sites (N-methyl/N-ethyl adjacent to an activating group) is 1. The number of urea groups is 1. The Morgan fingerprint density at radius 3 is 2.36 bits per heavy atom. The lowest BCUT2D eigenvalue weighted by molar-refractivity contribution is -0.155. The molecule has 2 fully saturated rings. The van der Waals surface area contributed by atoms with Crippen LogP contribution in [0.25, 0.3) is 0 Å². The molecule has 2 saturated heterocycles. The number of aliphatic hydroxyl groups excluding tert-OH is 1. The fraction of sp³-hybridized carbons (Fsp3) is 0.423. The molecule has 3 aliphatic rings. The molecule has 2 unspecified atom stereocenters. The van der Waals surface area contributed by atoms with E-state index in [0.717, 1.165) is 23.6 Å². The molecule has 4 atom stereocenters. The Kier molecular flexibility index (Phi) is 9.16. The Balaban J connectivity index is 1.63. The predicted octanol–water partition coefficient (Wildman–Crippen LogP) is -1.00. The number of β-lactam (4-membered cyclic amide) rings is 1. The molecule has 1 aromatic carbocycles. The first-order valence-electron chi connectivity index (χ1n) is 13.0. The van der Waals surface area contributed by atoms with Crippen LogP contribution in [0.1, 0.15) is 25.5 Å². The number of rotatable bonds is 9. The molecule has 6 amide bonds. The Bertz CT molecular complexity index is 1350. The van der Waals surface area contributed by atoms with Gasteiger partial charge in [-0.05, 0) is 12.5 Å². The monoisotopic (exact) mass is 603 g/mol. The van der Waals surface area contributed by atoms with Crippen molar-refractivity contribution >= 4 is 53.4 Å². The second-order valence-electron chi connectivity index (χ2n) is 9.51. The number of imide groups is 1. The molecule has 0 radical (unpaired) electrons. The van der Waals surface area contributed by atoms with E-state index in [1.54, 1.807) is 25.1 Å². The first-order chi connectivity index (χ1) is 20.0. The third-order valence-electron chi connectivity index (χ3n) is 6.98. The minimum atomic E-state index is -1.64. The van der Waals surface area contributed by atoms with Crippen molar-refractivity contribution in [2.45, 2.75) is 31.5 Å². The number of hydrogen-bond donors (Lipinski definition) is 4. The molecule has 3 aliphatic heterocycles. The van der Waals surface area contributed by atoms with Gasteiger partial charge in [-0.1, -0.05) is 30.3 Å². The lowest BCUT2D eigenvalue weighted by atomic mass is 9.96. The number of esters is 1. The van der Waals surface area contributed by atoms with Crippen LogP contribution in [0, 0.1) is 5.92 Å². The van der Waals surface area contributed by atoms with Crippen molar-refractivity contribution in [3.8, 4) is 0 Å². The van der Waals surface area contributed by atoms with Gasteiger partial charge in [-0.2, -0.15) is 0 Å². The maximum absolute atomic E-state index is 13.7. The average molecular weight is 604 g/mol. The van der Waals surface area contributed by atoms with E-state index in [1.807, 2.05) is 0 Å². The summed E-state index contributed by atoms with van der Waals surface area (Å²) in [6.07, 6.45) is -1.64. The average Bonchev–Trinajstić information content (AvgIpc) is 2.96. The van der Waals surface area contributed by atoms with Crippen LogP contribution in [0.3, 0.4) is 0 Å². The van der Waals surface area contributed by atoms with Gasteiger partial charge < -0.3 is 30.5 Å². The molecular formula is C26H29N5O10S. The van der Waals surface area contributed by atoms with Crippen molar-refractivity contribution in [3.05, 3.63) is 47.2 Å². The number of nitrogens with one attached hydrogen (secondary N) is 2. The summed E-state index contributed by atoms with van der Waals surface area (Å²) in [5.41, 5.74) is -0.310. The number of piperazine rings is 1. The summed E-state index contributed by atoms with van der Waals surface area (Å²) < 4.78 is 5.28. The number of fused-ring (bicyclic) bond motifs is 1. The van der Waals surface area contributed by atoms with E-state index in [1.165, 1.54) is 17.0 Å². The number of nitrogens with zero attached hydrogens (tertiary/aromatic N) is 3. The molecule has 0 aromatic heterocycles. The zero-order valence-corrected chi connectivity index (χ0v) is 23.5. The van der Waals surface area contributed by atoms with Crippen LogP contribution in [0.15, 0.2) is 41.6 Å². The quantitative estimate of drug-likeness (QED) is 0.117. The van der Waals surface area contributed by atoms with Gasteiger partial charge >= 0.3 is 29.8 Å². The van der Waals surface area contributed by atoms with Gasteiger partial charge in [-0.15, -0.1) is 11.8 Å². The SMILES string of the molecule is CCN1CCN(C(=O)NC(C(=O)NC(OC(C)=O)C2=C(C(=O)O)N3C(=O)[C@H](CO)[C@H]3SC2)c2ccccc2)C(=O)C1=O. The van der Waals surface area contributed by atoms with E-state index in [2.05, 4.69) is 10.6 Å². The fourth-order valence-electron chi connectivity index (χ4n) is 4.84. The number of aliphatic hydroxyl groups is 1. The molecule has 224 valence electrons. The number of carboxylic acids is 1. The standard InChI is InChI=1S/C26H29N5O10S/c1-3-29-9-10-30(23(37)22(29)36)26(40)27-17(14-7-5-4-6-8-14)19(34)28-20(41-13(2)33)16-12-42-24-15(11-32)21(35)31(24)18(16)25(38)39/h4-8,15,17,20,24,32H,3,9-12H2,1-2H3,(H,27,40)(H,28,34)(H,38,39)/t15-,17?,20?,24+/m0/s1. The molecule has 0 bridgehead atoms. The molecule has 15 nitrogen and oxygen atoms in total. The van der Waals surface area contributed by atoms with Crippen molar-refractivity contribution < 1.29 is 48.5 Å². The second-order valence-corrected chi connectivity index (χ2v) is 10.6. The first kappa shape index (κ1) is 30.5. The molecule has 42 heavy (non-hydrogen) atoms. The maximum atomic E-state index is 13.7. The number of carbonyl (C=O) groups excluding carboxylic acids is 6. The summed E-state index contributed by atoms with van der Waals surface area (Å²) >= 11 is 1.13. The highest BCUT2D eigenvalue weighted by Gasteiger charge is 2.54. The Morgan fingerprint density at radius 1 is 1.07 bits per heavy atom. The molecule has 4 N–H and O–H groups in total. The summed E-state index contributed by atoms with van der Waals surface area (Å²) in [5, 5.41) is 23.7. The van der Waals surface area contributed by atoms with Crippen LogP contribution in [0.4, 0.5) is 4.79 Å². The zero-order chi connectivity index (χ0) is 30.7. The largest absolute Gasteiger partial charge is 0.477 e. The van der Waals surface area contributed by atoms with Gasteiger partial charge in [0.05, 0.1) is 17.9 Å². The third kappa shape index (κ3) is 5.80. The maximum Gasteiger partial charge on any atom is 0.352 e. The number of carboxylic acid groups (broad SMARTS) is 1. The van der Waals surface area contributed by atoms with Crippen LogP contribution in [-0.2, 0) is 33.5 Å². The molecular weight excluding hydrogens is 574 g/mol. The van der Waals surface area contributed by atoms with Gasteiger partial charge in [0.15, 0.2) is 0 Å². The van der Waals surface area contributed by atoms with Gasteiger partial charge in [0.25, 0.3) is 0 Å². The van der Waals surface area contributed by atoms with E-state index in [0.29, 0.717) is 4.90 Å². The first-order valence-corrected chi connectivity index (χ1v) is 14.0. The van der Waals surface area contributed by atoms with Crippen molar-refractivity contribution in [1.29, 1.82) is 0 Å². The summed E-state index contributed by atoms with van der Waals surface area (Å²) in [6, 6.07) is 5.41. The Morgan fingerprint density at radius 2 is 1.76 bits per heavy atom. The van der Waals surface area contributed by atoms with E-state index in [4.69, 9.17) is 4.74 Å². The van der Waals surface area contributed by atoms with Crippen molar-refractivity contribution in [2.24, 2.45) is 5.92 Å². The molecule has 3 heterocycles. The number of hydrogen-bond acceptors (Lipinski definition) is 10. The highest BCUT2D eigenvalue weighted by atomic mass is 32.2. The summed E-state index contributed by atoms with van der Waals surface area (Å²) in [6.45, 7) is 2.56. The van der Waals surface area contributed by atoms with Crippen LogP contribution >= 0.6 is 11.8 Å². The number of carbonyl (C=O) groups is 7. The second kappa shape index (κ2) is 12.6. The highest BCUT2D eigenvalue weighted by Crippen LogP contribution is 2.44. The lowest BCUT2D eigenvalue weighted by Gasteiger charge is -2.49. The molecule has 0 aliphatic carbocycles. The predicted molar refractivity (Wildman–Crippen MR) is 144 cm³/mol. The number of aliphatic carboxylic acids is 1. The topological polar surface area (TPSA) is 203 Å². The summed E-state index contributed by atoms with van der Waals surface area (Å²) in [7, 11) is 0. The zero-order valence-electron chi connectivity index (χ0n) is 22.6. The fourth-order valence-corrected chi connectivity index (χ4v) is 6.27. The molecule has 0 spiro atoms. The summed E-state index contributed by atoms with van der Waals surface area (Å²) in [5.74, 6) is -6.71. The Hall–Kier alpha value is -4.44. The van der Waals surface area contributed by atoms with Crippen LogP contribution < -0.4 is 10.6 Å². The Labute approximate surface area is 243 Å². The van der Waals surface area contributed by atoms with E-state index in [9.17, 15) is 43.8 Å². The minimum Gasteiger partial charge on any atom is -0.477 e.